The van der Waals surface area contributed by atoms with Crippen molar-refractivity contribution in [1.29, 1.82) is 0 Å². The average molecular weight is 455 g/mol. The maximum absolute atomic E-state index is 12.3. The number of halogens is 1. The highest BCUT2D eigenvalue weighted by molar-refractivity contribution is 14.1. The first-order chi connectivity index (χ1) is 12.0. The molecule has 6 nitrogen and oxygen atoms in total. The van der Waals surface area contributed by atoms with E-state index >= 15 is 0 Å². The predicted molar refractivity (Wildman–Crippen MR) is 102 cm³/mol. The van der Waals surface area contributed by atoms with E-state index in [-0.39, 0.29) is 0 Å². The molecule has 0 aliphatic carbocycles. The normalized spacial score (nSPS) is 11.4. The van der Waals surface area contributed by atoms with E-state index in [1.807, 2.05) is 28.7 Å². The molecular weight excluding hydrogens is 437 g/mol. The van der Waals surface area contributed by atoms with Gasteiger partial charge in [0, 0.05) is 15.3 Å². The number of ether oxygens (including phenoxy) is 3. The quantitative estimate of drug-likeness (QED) is 0.534. The third-order valence-corrected chi connectivity index (χ3v) is 4.34. The molecule has 2 rings (SSSR count). The first-order valence-corrected chi connectivity index (χ1v) is 8.52. The number of esters is 1. The predicted octanol–water partition coefficient (Wildman–Crippen LogP) is 3.49. The third kappa shape index (κ3) is 4.85. The van der Waals surface area contributed by atoms with Gasteiger partial charge in [-0.1, -0.05) is 12.1 Å². The van der Waals surface area contributed by atoms with Crippen LogP contribution in [0.1, 0.15) is 17.3 Å². The molecule has 0 heterocycles. The molecule has 1 amide bonds. The molecule has 0 aromatic heterocycles. The lowest BCUT2D eigenvalue weighted by molar-refractivity contribution is -0.123. The fourth-order valence-electron chi connectivity index (χ4n) is 2.06. The van der Waals surface area contributed by atoms with Crippen molar-refractivity contribution >= 4 is 40.2 Å². The summed E-state index contributed by atoms with van der Waals surface area (Å²) >= 11 is 2.05. The highest BCUT2D eigenvalue weighted by Gasteiger charge is 2.20. The molecule has 1 unspecified atom stereocenters. The smallest absolute Gasteiger partial charge is 0.339 e. The molecule has 0 aliphatic heterocycles. The minimum Gasteiger partial charge on any atom is -0.493 e. The molecular formula is C18H18INO5. The third-order valence-electron chi connectivity index (χ3n) is 3.40. The van der Waals surface area contributed by atoms with E-state index in [1.165, 1.54) is 21.1 Å². The van der Waals surface area contributed by atoms with E-state index < -0.39 is 18.0 Å². The minimum absolute atomic E-state index is 0.425. The van der Waals surface area contributed by atoms with E-state index in [9.17, 15) is 9.59 Å². The standard InChI is InChI=1S/C18H18INO5/c1-11(25-18(22)13-6-4-5-7-14(13)19)17(21)20-12-8-9-15(23-2)16(10-12)24-3/h4-11H,1-3H3,(H,20,21). The number of hydrogen-bond donors (Lipinski definition) is 1. The summed E-state index contributed by atoms with van der Waals surface area (Å²) in [6.07, 6.45) is -0.948. The van der Waals surface area contributed by atoms with Gasteiger partial charge in [0.15, 0.2) is 17.6 Å². The van der Waals surface area contributed by atoms with E-state index in [0.717, 1.165) is 3.57 Å². The van der Waals surface area contributed by atoms with Crippen molar-refractivity contribution in [2.45, 2.75) is 13.0 Å². The molecule has 1 N–H and O–H groups in total. The Balaban J connectivity index is 2.03. The largest absolute Gasteiger partial charge is 0.493 e. The molecule has 132 valence electrons. The number of anilines is 1. The first kappa shape index (κ1) is 19.0. The molecule has 0 spiro atoms. The Morgan fingerprint density at radius 2 is 1.72 bits per heavy atom. The zero-order chi connectivity index (χ0) is 18.4. The Labute approximate surface area is 159 Å². The van der Waals surface area contributed by atoms with Gasteiger partial charge in [0.25, 0.3) is 5.91 Å². The summed E-state index contributed by atoms with van der Waals surface area (Å²) in [5.41, 5.74) is 0.939. The Hall–Kier alpha value is -2.29. The van der Waals surface area contributed by atoms with E-state index in [4.69, 9.17) is 14.2 Å². The first-order valence-electron chi connectivity index (χ1n) is 7.44. The number of benzene rings is 2. The van der Waals surface area contributed by atoms with Gasteiger partial charge >= 0.3 is 5.97 Å². The van der Waals surface area contributed by atoms with Gasteiger partial charge in [-0.25, -0.2) is 4.79 Å². The Bertz CT molecular complexity index is 778. The fourth-order valence-corrected chi connectivity index (χ4v) is 2.67. The SMILES string of the molecule is COc1ccc(NC(=O)C(C)OC(=O)c2ccccc2I)cc1OC. The molecule has 0 aliphatic rings. The van der Waals surface area contributed by atoms with Crippen molar-refractivity contribution in [2.75, 3.05) is 19.5 Å². The van der Waals surface area contributed by atoms with Gasteiger partial charge in [-0.05, 0) is 53.8 Å². The van der Waals surface area contributed by atoms with Crippen LogP contribution in [0.4, 0.5) is 5.69 Å². The minimum atomic E-state index is -0.948. The van der Waals surface area contributed by atoms with Crippen LogP contribution >= 0.6 is 22.6 Å². The number of rotatable bonds is 6. The molecule has 0 saturated heterocycles. The summed E-state index contributed by atoms with van der Waals surface area (Å²) in [7, 11) is 3.04. The Morgan fingerprint density at radius 3 is 2.36 bits per heavy atom. The van der Waals surface area contributed by atoms with Crippen LogP contribution in [0.15, 0.2) is 42.5 Å². The number of hydrogen-bond acceptors (Lipinski definition) is 5. The molecule has 0 fully saturated rings. The van der Waals surface area contributed by atoms with Crippen LogP contribution < -0.4 is 14.8 Å². The molecule has 1 atom stereocenters. The zero-order valence-corrected chi connectivity index (χ0v) is 16.2. The summed E-state index contributed by atoms with van der Waals surface area (Å²) < 4.78 is 16.3. The molecule has 7 heteroatoms. The van der Waals surface area contributed by atoms with Crippen LogP contribution in [0.2, 0.25) is 0 Å². The van der Waals surface area contributed by atoms with Crippen LogP contribution in [0.5, 0.6) is 11.5 Å². The Morgan fingerprint density at radius 1 is 1.04 bits per heavy atom. The van der Waals surface area contributed by atoms with Gasteiger partial charge in [0.05, 0.1) is 19.8 Å². The van der Waals surface area contributed by atoms with Crippen molar-refractivity contribution in [2.24, 2.45) is 0 Å². The summed E-state index contributed by atoms with van der Waals surface area (Å²) in [6, 6.07) is 12.0. The maximum atomic E-state index is 12.3. The van der Waals surface area contributed by atoms with Crippen LogP contribution in [0, 0.1) is 3.57 Å². The van der Waals surface area contributed by atoms with E-state index in [1.54, 1.807) is 36.4 Å². The van der Waals surface area contributed by atoms with Crippen molar-refractivity contribution < 1.29 is 23.8 Å². The van der Waals surface area contributed by atoms with E-state index in [0.29, 0.717) is 22.7 Å². The lowest BCUT2D eigenvalue weighted by Crippen LogP contribution is -2.30. The van der Waals surface area contributed by atoms with Crippen molar-refractivity contribution in [3.63, 3.8) is 0 Å². The Kier molecular flexibility index (Phi) is 6.63. The summed E-state index contributed by atoms with van der Waals surface area (Å²) in [4.78, 5) is 24.4. The van der Waals surface area contributed by atoms with Crippen molar-refractivity contribution in [3.05, 3.63) is 51.6 Å². The van der Waals surface area contributed by atoms with Gasteiger partial charge < -0.3 is 19.5 Å². The van der Waals surface area contributed by atoms with Gasteiger partial charge in [-0.2, -0.15) is 0 Å². The number of carbonyl (C=O) groups excluding carboxylic acids is 2. The second-order valence-electron chi connectivity index (χ2n) is 5.09. The number of methoxy groups -OCH3 is 2. The van der Waals surface area contributed by atoms with Gasteiger partial charge in [-0.3, -0.25) is 4.79 Å². The molecule has 25 heavy (non-hydrogen) atoms. The average Bonchev–Trinajstić information content (AvgIpc) is 2.61. The van der Waals surface area contributed by atoms with Crippen molar-refractivity contribution in [1.82, 2.24) is 0 Å². The number of amides is 1. The highest BCUT2D eigenvalue weighted by atomic mass is 127. The van der Waals surface area contributed by atoms with Crippen LogP contribution in [-0.2, 0) is 9.53 Å². The number of carbonyl (C=O) groups is 2. The molecule has 2 aromatic carbocycles. The summed E-state index contributed by atoms with van der Waals surface area (Å²) in [6.45, 7) is 1.52. The van der Waals surface area contributed by atoms with Gasteiger partial charge in [0.2, 0.25) is 0 Å². The summed E-state index contributed by atoms with van der Waals surface area (Å²) in [5.74, 6) is 0.0638. The second kappa shape index (κ2) is 8.70. The van der Waals surface area contributed by atoms with Crippen molar-refractivity contribution in [3.8, 4) is 11.5 Å². The lowest BCUT2D eigenvalue weighted by Gasteiger charge is -2.15. The molecule has 0 bridgehead atoms. The number of nitrogens with one attached hydrogen (secondary N) is 1. The fraction of sp³-hybridized carbons (Fsp3) is 0.222. The monoisotopic (exact) mass is 455 g/mol. The zero-order valence-electron chi connectivity index (χ0n) is 14.0. The molecule has 0 saturated carbocycles. The van der Waals surface area contributed by atoms with Crippen LogP contribution in [0.25, 0.3) is 0 Å². The molecule has 0 radical (unpaired) electrons. The lowest BCUT2D eigenvalue weighted by atomic mass is 10.2. The highest BCUT2D eigenvalue weighted by Crippen LogP contribution is 2.29. The maximum Gasteiger partial charge on any atom is 0.339 e. The molecule has 2 aromatic rings. The van der Waals surface area contributed by atoms with Gasteiger partial charge in [0.1, 0.15) is 0 Å². The topological polar surface area (TPSA) is 73.9 Å². The van der Waals surface area contributed by atoms with Gasteiger partial charge in [-0.15, -0.1) is 0 Å². The van der Waals surface area contributed by atoms with Crippen LogP contribution in [-0.4, -0.2) is 32.2 Å². The van der Waals surface area contributed by atoms with E-state index in [2.05, 4.69) is 5.32 Å². The van der Waals surface area contributed by atoms with Crippen LogP contribution in [0.3, 0.4) is 0 Å². The summed E-state index contributed by atoms with van der Waals surface area (Å²) in [5, 5.41) is 2.69. The second-order valence-corrected chi connectivity index (χ2v) is 6.25.